The second-order valence-corrected chi connectivity index (χ2v) is 4.40. The number of aromatic nitrogens is 1. The molecule has 1 saturated heterocycles. The van der Waals surface area contributed by atoms with Crippen LogP contribution in [0.25, 0.3) is 11.0 Å². The summed E-state index contributed by atoms with van der Waals surface area (Å²) < 4.78 is 36.8. The number of ether oxygens (including phenoxy) is 1. The van der Waals surface area contributed by atoms with Crippen LogP contribution in [-0.2, 0) is 4.74 Å². The first kappa shape index (κ1) is 12.5. The molecule has 0 saturated carbocycles. The quantitative estimate of drug-likeness (QED) is 0.790. The first-order chi connectivity index (χ1) is 9.52. The second-order valence-electron chi connectivity index (χ2n) is 4.40. The average Bonchev–Trinajstić information content (AvgIpc) is 2.96. The molecular weight excluding hydrogens is 274 g/mol. The highest BCUT2D eigenvalue weighted by atomic mass is 19.2. The third kappa shape index (κ3) is 1.64. The van der Waals surface area contributed by atoms with E-state index in [1.807, 2.05) is 0 Å². The fourth-order valence-electron chi connectivity index (χ4n) is 2.08. The van der Waals surface area contributed by atoms with Gasteiger partial charge in [-0.15, -0.1) is 0 Å². The molecule has 0 N–H and O–H groups in total. The maximum atomic E-state index is 13.7. The van der Waals surface area contributed by atoms with Crippen molar-refractivity contribution in [1.29, 1.82) is 0 Å². The third-order valence-electron chi connectivity index (χ3n) is 3.00. The summed E-state index contributed by atoms with van der Waals surface area (Å²) in [4.78, 5) is 23.5. The van der Waals surface area contributed by atoms with Crippen molar-refractivity contribution < 1.29 is 27.6 Å². The van der Waals surface area contributed by atoms with Crippen LogP contribution in [0.4, 0.5) is 19.4 Å². The van der Waals surface area contributed by atoms with Gasteiger partial charge in [0, 0.05) is 0 Å². The van der Waals surface area contributed by atoms with Gasteiger partial charge < -0.3 is 9.26 Å². The maximum absolute atomic E-state index is 13.7. The minimum absolute atomic E-state index is 0.00338. The van der Waals surface area contributed by atoms with Gasteiger partial charge in [-0.25, -0.2) is 9.18 Å². The van der Waals surface area contributed by atoms with E-state index < -0.39 is 28.9 Å². The Kier molecular flexibility index (Phi) is 2.66. The summed E-state index contributed by atoms with van der Waals surface area (Å²) in [7, 11) is 0. The largest absolute Gasteiger partial charge is 0.444 e. The van der Waals surface area contributed by atoms with Crippen LogP contribution < -0.4 is 4.90 Å². The zero-order chi connectivity index (χ0) is 14.4. The lowest BCUT2D eigenvalue weighted by molar-refractivity contribution is 0.111. The molecule has 1 aliphatic rings. The molecule has 1 aliphatic heterocycles. The van der Waals surface area contributed by atoms with Crippen molar-refractivity contribution in [3.63, 3.8) is 0 Å². The van der Waals surface area contributed by atoms with Gasteiger partial charge in [0.1, 0.15) is 6.10 Å². The van der Waals surface area contributed by atoms with Crippen LogP contribution in [0.15, 0.2) is 10.6 Å². The fraction of sp³-hybridized carbons (Fsp3) is 0.250. The normalized spacial score (nSPS) is 18.6. The van der Waals surface area contributed by atoms with Gasteiger partial charge in [-0.1, -0.05) is 5.16 Å². The van der Waals surface area contributed by atoms with Gasteiger partial charge in [0.2, 0.25) is 11.4 Å². The number of halogens is 2. The van der Waals surface area contributed by atoms with E-state index in [9.17, 15) is 18.4 Å². The molecule has 2 heterocycles. The summed E-state index contributed by atoms with van der Waals surface area (Å²) in [6.07, 6.45) is -0.838. The molecule has 20 heavy (non-hydrogen) atoms. The molecule has 0 bridgehead atoms. The predicted molar refractivity (Wildman–Crippen MR) is 62.6 cm³/mol. The standard InChI is InChI=1S/C12H8F2N2O4/c1-5-3-16(12(18)19-5)11-7-2-6(4-17)8(13)9(14)10(7)20-15-11/h2,4-5H,3H2,1H3. The minimum atomic E-state index is -1.32. The van der Waals surface area contributed by atoms with Crippen LogP contribution in [0, 0.1) is 11.6 Å². The van der Waals surface area contributed by atoms with Crippen LogP contribution >= 0.6 is 0 Å². The van der Waals surface area contributed by atoms with E-state index >= 15 is 0 Å². The van der Waals surface area contributed by atoms with Gasteiger partial charge in [-0.2, -0.15) is 4.39 Å². The Labute approximate surface area is 110 Å². The maximum Gasteiger partial charge on any atom is 0.416 e. The number of hydrogen-bond donors (Lipinski definition) is 0. The summed E-state index contributed by atoms with van der Waals surface area (Å²) in [5.41, 5.74) is -0.921. The second kappa shape index (κ2) is 4.26. The van der Waals surface area contributed by atoms with Crippen molar-refractivity contribution in [3.05, 3.63) is 23.3 Å². The molecule has 6 nitrogen and oxygen atoms in total. The first-order valence-electron chi connectivity index (χ1n) is 5.73. The van der Waals surface area contributed by atoms with E-state index in [0.29, 0.717) is 0 Å². The number of cyclic esters (lactones) is 1. The Hall–Kier alpha value is -2.51. The number of benzene rings is 1. The van der Waals surface area contributed by atoms with E-state index in [4.69, 9.17) is 9.26 Å². The first-order valence-corrected chi connectivity index (χ1v) is 5.73. The lowest BCUT2D eigenvalue weighted by Gasteiger charge is -2.08. The van der Waals surface area contributed by atoms with Crippen LogP contribution in [0.3, 0.4) is 0 Å². The number of rotatable bonds is 2. The highest BCUT2D eigenvalue weighted by Gasteiger charge is 2.34. The Morgan fingerprint density at radius 2 is 2.20 bits per heavy atom. The Morgan fingerprint density at radius 1 is 1.45 bits per heavy atom. The van der Waals surface area contributed by atoms with Gasteiger partial charge in [0.15, 0.2) is 17.9 Å². The zero-order valence-corrected chi connectivity index (χ0v) is 10.2. The molecule has 2 aromatic rings. The monoisotopic (exact) mass is 282 g/mol. The van der Waals surface area contributed by atoms with E-state index in [0.717, 1.165) is 11.0 Å². The molecule has 0 spiro atoms. The van der Waals surface area contributed by atoms with Crippen LogP contribution in [0.2, 0.25) is 0 Å². The number of fused-ring (bicyclic) bond motifs is 1. The number of anilines is 1. The molecule has 3 rings (SSSR count). The molecular formula is C12H8F2N2O4. The van der Waals surface area contributed by atoms with Crippen LogP contribution in [0.5, 0.6) is 0 Å². The zero-order valence-electron chi connectivity index (χ0n) is 10.2. The molecule has 1 amide bonds. The number of carbonyl (C=O) groups excluding carboxylic acids is 2. The fourth-order valence-corrected chi connectivity index (χ4v) is 2.08. The van der Waals surface area contributed by atoms with E-state index in [-0.39, 0.29) is 30.1 Å². The Balaban J connectivity index is 2.21. The average molecular weight is 282 g/mol. The van der Waals surface area contributed by atoms with Crippen molar-refractivity contribution in [2.45, 2.75) is 13.0 Å². The van der Waals surface area contributed by atoms with Crippen LogP contribution in [-0.4, -0.2) is 30.2 Å². The lowest BCUT2D eigenvalue weighted by Crippen LogP contribution is -2.24. The van der Waals surface area contributed by atoms with Crippen molar-refractivity contribution in [1.82, 2.24) is 5.16 Å². The van der Waals surface area contributed by atoms with Gasteiger partial charge in [-0.05, 0) is 13.0 Å². The Morgan fingerprint density at radius 3 is 2.80 bits per heavy atom. The minimum Gasteiger partial charge on any atom is -0.444 e. The number of aldehydes is 1. The molecule has 1 atom stereocenters. The molecule has 104 valence electrons. The van der Waals surface area contributed by atoms with Crippen LogP contribution in [0.1, 0.15) is 17.3 Å². The molecule has 1 aromatic heterocycles. The number of amides is 1. The Bertz CT molecular complexity index is 728. The highest BCUT2D eigenvalue weighted by molar-refractivity contribution is 6.00. The lowest BCUT2D eigenvalue weighted by atomic mass is 10.1. The number of carbonyl (C=O) groups is 2. The summed E-state index contributed by atoms with van der Waals surface area (Å²) in [6, 6.07) is 1.09. The molecule has 1 aromatic carbocycles. The molecule has 1 fully saturated rings. The molecule has 8 heteroatoms. The van der Waals surface area contributed by atoms with Gasteiger partial charge >= 0.3 is 6.09 Å². The van der Waals surface area contributed by atoms with Gasteiger partial charge in [0.05, 0.1) is 17.5 Å². The number of nitrogens with zero attached hydrogens (tertiary/aromatic N) is 2. The predicted octanol–water partition coefficient (Wildman–Crippen LogP) is 2.26. The van der Waals surface area contributed by atoms with E-state index in [2.05, 4.69) is 5.16 Å². The highest BCUT2D eigenvalue weighted by Crippen LogP contribution is 2.32. The van der Waals surface area contributed by atoms with Crippen molar-refractivity contribution in [2.75, 3.05) is 11.4 Å². The summed E-state index contributed by atoms with van der Waals surface area (Å²) in [5, 5.41) is 3.61. The smallest absolute Gasteiger partial charge is 0.416 e. The van der Waals surface area contributed by atoms with E-state index in [1.165, 1.54) is 0 Å². The van der Waals surface area contributed by atoms with Gasteiger partial charge in [0.25, 0.3) is 0 Å². The van der Waals surface area contributed by atoms with Gasteiger partial charge in [-0.3, -0.25) is 9.69 Å². The van der Waals surface area contributed by atoms with Crippen molar-refractivity contribution in [3.8, 4) is 0 Å². The van der Waals surface area contributed by atoms with E-state index in [1.54, 1.807) is 6.92 Å². The molecule has 0 aliphatic carbocycles. The number of hydrogen-bond acceptors (Lipinski definition) is 5. The SMILES string of the molecule is CC1CN(c2noc3c(F)c(F)c(C=O)cc23)C(=O)O1. The molecule has 1 unspecified atom stereocenters. The summed E-state index contributed by atoms with van der Waals surface area (Å²) in [6.45, 7) is 1.88. The third-order valence-corrected chi connectivity index (χ3v) is 3.00. The van der Waals surface area contributed by atoms with Crippen molar-refractivity contribution in [2.24, 2.45) is 0 Å². The molecule has 0 radical (unpaired) electrons. The van der Waals surface area contributed by atoms with Crippen molar-refractivity contribution >= 4 is 29.2 Å². The topological polar surface area (TPSA) is 72.6 Å². The summed E-state index contributed by atoms with van der Waals surface area (Å²) >= 11 is 0. The summed E-state index contributed by atoms with van der Waals surface area (Å²) in [5.74, 6) is -2.63.